The van der Waals surface area contributed by atoms with E-state index in [2.05, 4.69) is 0 Å². The number of phenolic OH excluding ortho intramolecular Hbond substituents is 2. The number of hydrogen-bond acceptors (Lipinski definition) is 3. The first-order valence-corrected chi connectivity index (χ1v) is 6.34. The van der Waals surface area contributed by atoms with Gasteiger partial charge in [-0.05, 0) is 31.2 Å². The number of benzene rings is 2. The van der Waals surface area contributed by atoms with Crippen LogP contribution in [0.3, 0.4) is 0 Å². The van der Waals surface area contributed by atoms with E-state index >= 15 is 0 Å². The molecule has 0 heterocycles. The quantitative estimate of drug-likeness (QED) is 0.811. The van der Waals surface area contributed by atoms with Crippen LogP contribution in [-0.2, 0) is 5.75 Å². The minimum Gasteiger partial charge on any atom is -0.507 e. The summed E-state index contributed by atoms with van der Waals surface area (Å²) in [6.07, 6.45) is 0. The number of aromatic hydroxyl groups is 2. The third-order valence-corrected chi connectivity index (χ3v) is 3.57. The van der Waals surface area contributed by atoms with Gasteiger partial charge in [-0.2, -0.15) is 0 Å². The van der Waals surface area contributed by atoms with Crippen molar-refractivity contribution in [2.24, 2.45) is 0 Å². The zero-order chi connectivity index (χ0) is 12.3. The highest BCUT2D eigenvalue weighted by molar-refractivity contribution is 7.98. The highest BCUT2D eigenvalue weighted by atomic mass is 32.2. The summed E-state index contributed by atoms with van der Waals surface area (Å²) in [5.41, 5.74) is 1.80. The minimum atomic E-state index is 0.143. The van der Waals surface area contributed by atoms with Crippen molar-refractivity contribution in [2.75, 3.05) is 0 Å². The molecule has 0 radical (unpaired) electrons. The zero-order valence-electron chi connectivity index (χ0n) is 9.55. The van der Waals surface area contributed by atoms with E-state index in [1.807, 2.05) is 31.2 Å². The lowest BCUT2D eigenvalue weighted by Crippen LogP contribution is -1.83. The molecule has 2 nitrogen and oxygen atoms in total. The van der Waals surface area contributed by atoms with E-state index in [0.717, 1.165) is 4.90 Å². The van der Waals surface area contributed by atoms with Gasteiger partial charge in [0.05, 0.1) is 0 Å². The van der Waals surface area contributed by atoms with Gasteiger partial charge in [-0.1, -0.05) is 23.8 Å². The topological polar surface area (TPSA) is 40.5 Å². The van der Waals surface area contributed by atoms with Crippen LogP contribution in [0.4, 0.5) is 0 Å². The second-order valence-corrected chi connectivity index (χ2v) is 4.93. The summed E-state index contributed by atoms with van der Waals surface area (Å²) in [6.45, 7) is 2.04. The van der Waals surface area contributed by atoms with Gasteiger partial charge in [0, 0.05) is 16.2 Å². The molecule has 0 fully saturated rings. The van der Waals surface area contributed by atoms with Gasteiger partial charge in [-0.3, -0.25) is 0 Å². The van der Waals surface area contributed by atoms with Crippen LogP contribution >= 0.6 is 11.8 Å². The first kappa shape index (κ1) is 11.9. The van der Waals surface area contributed by atoms with Gasteiger partial charge in [0.25, 0.3) is 0 Å². The molecule has 0 unspecified atom stereocenters. The second-order valence-electron chi connectivity index (χ2n) is 3.88. The van der Waals surface area contributed by atoms with Gasteiger partial charge < -0.3 is 10.2 Å². The Kier molecular flexibility index (Phi) is 3.59. The van der Waals surface area contributed by atoms with Gasteiger partial charge in [-0.25, -0.2) is 0 Å². The van der Waals surface area contributed by atoms with Crippen LogP contribution in [0.2, 0.25) is 0 Å². The Balaban J connectivity index is 2.10. The summed E-state index contributed by atoms with van der Waals surface area (Å²) in [6, 6.07) is 13.0. The summed E-state index contributed by atoms with van der Waals surface area (Å²) < 4.78 is 0. The lowest BCUT2D eigenvalue weighted by atomic mass is 10.2. The molecular weight excluding hydrogens is 232 g/mol. The lowest BCUT2D eigenvalue weighted by molar-refractivity contribution is 0.442. The molecule has 0 aromatic heterocycles. The Bertz CT molecular complexity index is 486. The van der Waals surface area contributed by atoms with Gasteiger partial charge in [0.1, 0.15) is 11.5 Å². The third-order valence-electron chi connectivity index (χ3n) is 2.53. The van der Waals surface area contributed by atoms with Gasteiger partial charge >= 0.3 is 0 Å². The van der Waals surface area contributed by atoms with Crippen LogP contribution in [-0.4, -0.2) is 10.2 Å². The fourth-order valence-corrected chi connectivity index (χ4v) is 2.44. The van der Waals surface area contributed by atoms with Crippen molar-refractivity contribution in [1.29, 1.82) is 0 Å². The molecule has 3 heteroatoms. The highest BCUT2D eigenvalue weighted by Gasteiger charge is 2.07. The Morgan fingerprint density at radius 3 is 2.12 bits per heavy atom. The van der Waals surface area contributed by atoms with Gasteiger partial charge in [0.15, 0.2) is 0 Å². The molecule has 0 amide bonds. The normalized spacial score (nSPS) is 10.4. The molecule has 0 spiro atoms. The molecule has 0 aliphatic heterocycles. The lowest BCUT2D eigenvalue weighted by Gasteiger charge is -2.06. The molecule has 2 rings (SSSR count). The fourth-order valence-electron chi connectivity index (χ4n) is 1.50. The molecule has 0 atom stereocenters. The minimum absolute atomic E-state index is 0.143. The molecule has 2 aromatic rings. The number of aryl methyl sites for hydroxylation is 1. The van der Waals surface area contributed by atoms with Crippen molar-refractivity contribution in [1.82, 2.24) is 0 Å². The largest absolute Gasteiger partial charge is 0.507 e. The van der Waals surface area contributed by atoms with Crippen molar-refractivity contribution in [2.45, 2.75) is 17.6 Å². The molecule has 2 N–H and O–H groups in total. The standard InChI is InChI=1S/C14H14O2S/c1-10-5-7-11(8-6-10)17-9-12-13(15)3-2-4-14(12)16/h2-8,15-16H,9H2,1H3. The molecule has 0 saturated heterocycles. The average molecular weight is 246 g/mol. The summed E-state index contributed by atoms with van der Waals surface area (Å²) in [4.78, 5) is 1.12. The van der Waals surface area contributed by atoms with E-state index in [9.17, 15) is 10.2 Å². The molecule has 0 aliphatic carbocycles. The zero-order valence-corrected chi connectivity index (χ0v) is 10.4. The Morgan fingerprint density at radius 2 is 1.53 bits per heavy atom. The third kappa shape index (κ3) is 2.94. The maximum absolute atomic E-state index is 9.64. The Morgan fingerprint density at radius 1 is 0.941 bits per heavy atom. The van der Waals surface area contributed by atoms with E-state index in [4.69, 9.17) is 0 Å². The Labute approximate surface area is 105 Å². The molecule has 0 saturated carbocycles. The van der Waals surface area contributed by atoms with Crippen LogP contribution in [0.5, 0.6) is 11.5 Å². The summed E-state index contributed by atoms with van der Waals surface area (Å²) in [5.74, 6) is 0.843. The van der Waals surface area contributed by atoms with Crippen LogP contribution in [0, 0.1) is 6.92 Å². The van der Waals surface area contributed by atoms with E-state index in [1.165, 1.54) is 5.56 Å². The van der Waals surface area contributed by atoms with Gasteiger partial charge in [0.2, 0.25) is 0 Å². The van der Waals surface area contributed by atoms with Crippen LogP contribution < -0.4 is 0 Å². The molecule has 0 aliphatic rings. The number of phenols is 2. The van der Waals surface area contributed by atoms with E-state index in [1.54, 1.807) is 30.0 Å². The van der Waals surface area contributed by atoms with Crippen molar-refractivity contribution < 1.29 is 10.2 Å². The maximum atomic E-state index is 9.64. The molecule has 0 bridgehead atoms. The number of thioether (sulfide) groups is 1. The maximum Gasteiger partial charge on any atom is 0.123 e. The summed E-state index contributed by atoms with van der Waals surface area (Å²) in [5, 5.41) is 19.3. The highest BCUT2D eigenvalue weighted by Crippen LogP contribution is 2.33. The predicted molar refractivity (Wildman–Crippen MR) is 70.5 cm³/mol. The molecule has 2 aromatic carbocycles. The second kappa shape index (κ2) is 5.15. The summed E-state index contributed by atoms with van der Waals surface area (Å²) >= 11 is 1.59. The average Bonchev–Trinajstić information content (AvgIpc) is 2.31. The Hall–Kier alpha value is -1.61. The van der Waals surface area contributed by atoms with Crippen LogP contribution in [0.1, 0.15) is 11.1 Å². The first-order chi connectivity index (χ1) is 8.16. The smallest absolute Gasteiger partial charge is 0.123 e. The summed E-state index contributed by atoms with van der Waals surface area (Å²) in [7, 11) is 0. The van der Waals surface area contributed by atoms with Gasteiger partial charge in [-0.15, -0.1) is 11.8 Å². The molecule has 88 valence electrons. The van der Waals surface area contributed by atoms with E-state index in [0.29, 0.717) is 11.3 Å². The van der Waals surface area contributed by atoms with Crippen molar-refractivity contribution in [3.63, 3.8) is 0 Å². The molecular formula is C14H14O2S. The van der Waals surface area contributed by atoms with Crippen molar-refractivity contribution in [3.05, 3.63) is 53.6 Å². The van der Waals surface area contributed by atoms with Crippen LogP contribution in [0.25, 0.3) is 0 Å². The fraction of sp³-hybridized carbons (Fsp3) is 0.143. The van der Waals surface area contributed by atoms with Crippen molar-refractivity contribution >= 4 is 11.8 Å². The number of rotatable bonds is 3. The van der Waals surface area contributed by atoms with E-state index < -0.39 is 0 Å². The van der Waals surface area contributed by atoms with Crippen molar-refractivity contribution in [3.8, 4) is 11.5 Å². The van der Waals surface area contributed by atoms with E-state index in [-0.39, 0.29) is 11.5 Å². The van der Waals surface area contributed by atoms with Crippen LogP contribution in [0.15, 0.2) is 47.4 Å². The predicted octanol–water partition coefficient (Wildman–Crippen LogP) is 3.70. The first-order valence-electron chi connectivity index (χ1n) is 5.36. The molecule has 17 heavy (non-hydrogen) atoms. The monoisotopic (exact) mass is 246 g/mol. The number of hydrogen-bond donors (Lipinski definition) is 2. The SMILES string of the molecule is Cc1ccc(SCc2c(O)cccc2O)cc1.